The summed E-state index contributed by atoms with van der Waals surface area (Å²) in [4.78, 5) is 10.2. The van der Waals surface area contributed by atoms with Crippen molar-refractivity contribution in [2.75, 3.05) is 13.7 Å². The normalized spacial score (nSPS) is 16.7. The molecule has 1 unspecified atom stereocenters. The molecule has 0 amide bonds. The minimum atomic E-state index is -0.220. The van der Waals surface area contributed by atoms with Gasteiger partial charge in [-0.25, -0.2) is 0 Å². The zero-order valence-corrected chi connectivity index (χ0v) is 12.9. The van der Waals surface area contributed by atoms with Crippen molar-refractivity contribution in [3.05, 3.63) is 51.6 Å². The predicted octanol–water partition coefficient (Wildman–Crippen LogP) is 4.33. The van der Waals surface area contributed by atoms with Crippen LogP contribution in [0, 0.1) is 10.1 Å². The van der Waals surface area contributed by atoms with E-state index in [0.29, 0.717) is 12.3 Å². The van der Waals surface area contributed by atoms with Crippen LogP contribution >= 0.6 is 0 Å². The topological polar surface area (TPSA) is 52.4 Å². The quantitative estimate of drug-likeness (QED) is 0.453. The summed E-state index contributed by atoms with van der Waals surface area (Å²) in [5, 5.41) is 13.0. The Morgan fingerprint density at radius 3 is 2.91 bits per heavy atom. The average Bonchev–Trinajstić information content (AvgIpc) is 2.53. The van der Waals surface area contributed by atoms with Crippen LogP contribution in [0.4, 0.5) is 0 Å². The highest BCUT2D eigenvalue weighted by atomic mass is 16.6. The number of ether oxygens (including phenoxy) is 1. The van der Waals surface area contributed by atoms with E-state index in [9.17, 15) is 10.1 Å². The number of nitro groups is 1. The van der Waals surface area contributed by atoms with Crippen LogP contribution < -0.4 is 4.74 Å². The van der Waals surface area contributed by atoms with Crippen molar-refractivity contribution in [1.29, 1.82) is 0 Å². The highest BCUT2D eigenvalue weighted by Crippen LogP contribution is 2.42. The Kier molecular flexibility index (Phi) is 4.27. The summed E-state index contributed by atoms with van der Waals surface area (Å²) in [5.41, 5.74) is 2.70. The predicted molar refractivity (Wildman–Crippen MR) is 87.3 cm³/mol. The van der Waals surface area contributed by atoms with Crippen molar-refractivity contribution < 1.29 is 9.66 Å². The minimum absolute atomic E-state index is 0.0847. The molecule has 0 bridgehead atoms. The largest absolute Gasteiger partial charge is 0.496 e. The lowest BCUT2D eigenvalue weighted by Crippen LogP contribution is -2.10. The maximum atomic E-state index is 10.4. The lowest BCUT2D eigenvalue weighted by atomic mass is 9.79. The van der Waals surface area contributed by atoms with Crippen LogP contribution in [0.15, 0.2) is 30.3 Å². The molecule has 0 spiro atoms. The van der Waals surface area contributed by atoms with Gasteiger partial charge in [0.25, 0.3) is 0 Å². The Morgan fingerprint density at radius 1 is 1.27 bits per heavy atom. The molecule has 3 rings (SSSR count). The van der Waals surface area contributed by atoms with Crippen LogP contribution in [0.5, 0.6) is 5.75 Å². The molecule has 0 aromatic heterocycles. The third-order valence-corrected chi connectivity index (χ3v) is 4.69. The molecule has 0 heterocycles. The molecule has 1 aliphatic carbocycles. The molecule has 1 atom stereocenters. The second-order valence-corrected chi connectivity index (χ2v) is 5.98. The molecule has 4 nitrogen and oxygen atoms in total. The molecule has 0 fully saturated rings. The number of unbranched alkanes of at least 4 members (excludes halogenated alkanes) is 1. The Bertz CT molecular complexity index is 696. The molecule has 0 saturated carbocycles. The Balaban J connectivity index is 1.86. The van der Waals surface area contributed by atoms with Gasteiger partial charge in [-0.1, -0.05) is 24.3 Å². The molecule has 0 saturated heterocycles. The molecule has 2 aromatic carbocycles. The van der Waals surface area contributed by atoms with Gasteiger partial charge in [0.05, 0.1) is 7.11 Å². The van der Waals surface area contributed by atoms with E-state index in [4.69, 9.17) is 4.74 Å². The summed E-state index contributed by atoms with van der Waals surface area (Å²) in [7, 11) is 1.73. The number of rotatable bonds is 6. The van der Waals surface area contributed by atoms with Gasteiger partial charge >= 0.3 is 0 Å². The second kappa shape index (κ2) is 6.34. The highest BCUT2D eigenvalue weighted by Gasteiger charge is 2.23. The first-order valence-electron chi connectivity index (χ1n) is 7.91. The lowest BCUT2D eigenvalue weighted by molar-refractivity contribution is -0.480. The summed E-state index contributed by atoms with van der Waals surface area (Å²) in [5.74, 6) is 1.49. The van der Waals surface area contributed by atoms with Crippen molar-refractivity contribution in [3.8, 4) is 5.75 Å². The van der Waals surface area contributed by atoms with Crippen LogP contribution in [0.1, 0.15) is 42.7 Å². The number of benzene rings is 2. The van der Waals surface area contributed by atoms with Gasteiger partial charge in [-0.15, -0.1) is 0 Å². The molecule has 116 valence electrons. The molecule has 0 aliphatic heterocycles. The van der Waals surface area contributed by atoms with Crippen LogP contribution in [0.3, 0.4) is 0 Å². The van der Waals surface area contributed by atoms with Crippen molar-refractivity contribution in [1.82, 2.24) is 0 Å². The van der Waals surface area contributed by atoms with Crippen LogP contribution in [0.25, 0.3) is 10.8 Å². The SMILES string of the molecule is COc1ccc2cccc3c2c1CCC3CCCC[N+](=O)[O-]. The summed E-state index contributed by atoms with van der Waals surface area (Å²) >= 11 is 0. The van der Waals surface area contributed by atoms with Crippen molar-refractivity contribution in [2.24, 2.45) is 0 Å². The first-order valence-corrected chi connectivity index (χ1v) is 7.91. The summed E-state index contributed by atoms with van der Waals surface area (Å²) in [6.07, 6.45) is 4.75. The molecular weight excluding hydrogens is 278 g/mol. The fourth-order valence-electron chi connectivity index (χ4n) is 3.65. The fraction of sp³-hybridized carbons (Fsp3) is 0.444. The fourth-order valence-corrected chi connectivity index (χ4v) is 3.65. The summed E-state index contributed by atoms with van der Waals surface area (Å²) in [6.45, 7) is 0.0847. The monoisotopic (exact) mass is 299 g/mol. The van der Waals surface area contributed by atoms with E-state index in [1.807, 2.05) is 0 Å². The van der Waals surface area contributed by atoms with E-state index in [1.165, 1.54) is 21.9 Å². The van der Waals surface area contributed by atoms with E-state index in [2.05, 4.69) is 30.3 Å². The number of methoxy groups -OCH3 is 1. The van der Waals surface area contributed by atoms with Crippen molar-refractivity contribution in [3.63, 3.8) is 0 Å². The second-order valence-electron chi connectivity index (χ2n) is 5.98. The molecule has 22 heavy (non-hydrogen) atoms. The van der Waals surface area contributed by atoms with E-state index in [1.54, 1.807) is 7.11 Å². The first-order chi connectivity index (χ1) is 10.7. The summed E-state index contributed by atoms with van der Waals surface area (Å²) < 4.78 is 5.52. The van der Waals surface area contributed by atoms with Crippen LogP contribution in [-0.2, 0) is 6.42 Å². The number of hydrogen-bond acceptors (Lipinski definition) is 3. The van der Waals surface area contributed by atoms with Gasteiger partial charge < -0.3 is 4.74 Å². The molecule has 4 heteroatoms. The number of hydrogen-bond donors (Lipinski definition) is 0. The van der Waals surface area contributed by atoms with E-state index < -0.39 is 0 Å². The van der Waals surface area contributed by atoms with Crippen molar-refractivity contribution >= 4 is 10.8 Å². The van der Waals surface area contributed by atoms with Gasteiger partial charge in [0.1, 0.15) is 5.75 Å². The number of nitrogens with zero attached hydrogens (tertiary/aromatic N) is 1. The van der Waals surface area contributed by atoms with E-state index >= 15 is 0 Å². The molecule has 0 N–H and O–H groups in total. The molecule has 2 aromatic rings. The minimum Gasteiger partial charge on any atom is -0.496 e. The summed E-state index contributed by atoms with van der Waals surface area (Å²) in [6, 6.07) is 10.7. The Morgan fingerprint density at radius 2 is 2.14 bits per heavy atom. The van der Waals surface area contributed by atoms with Crippen molar-refractivity contribution in [2.45, 2.75) is 38.0 Å². The molecule has 0 radical (unpaired) electrons. The average molecular weight is 299 g/mol. The zero-order valence-electron chi connectivity index (χ0n) is 12.9. The van der Waals surface area contributed by atoms with Crippen LogP contribution in [-0.4, -0.2) is 18.6 Å². The van der Waals surface area contributed by atoms with Gasteiger partial charge in [0, 0.05) is 16.9 Å². The van der Waals surface area contributed by atoms with Gasteiger partial charge in [-0.2, -0.15) is 0 Å². The van der Waals surface area contributed by atoms with Gasteiger partial charge in [0.15, 0.2) is 0 Å². The molecule has 1 aliphatic rings. The maximum Gasteiger partial charge on any atom is 0.203 e. The van der Waals surface area contributed by atoms with E-state index in [0.717, 1.165) is 31.4 Å². The van der Waals surface area contributed by atoms with Gasteiger partial charge in [0.2, 0.25) is 6.54 Å². The number of aryl methyl sites for hydroxylation is 1. The zero-order chi connectivity index (χ0) is 15.5. The van der Waals surface area contributed by atoms with Gasteiger partial charge in [-0.3, -0.25) is 10.1 Å². The third-order valence-electron chi connectivity index (χ3n) is 4.69. The smallest absolute Gasteiger partial charge is 0.203 e. The first kappa shape index (κ1) is 14.8. The Labute approximate surface area is 130 Å². The van der Waals surface area contributed by atoms with Crippen LogP contribution in [0.2, 0.25) is 0 Å². The maximum absolute atomic E-state index is 10.4. The third kappa shape index (κ3) is 2.78. The lowest BCUT2D eigenvalue weighted by Gasteiger charge is -2.27. The van der Waals surface area contributed by atoms with E-state index in [-0.39, 0.29) is 11.5 Å². The highest BCUT2D eigenvalue weighted by molar-refractivity contribution is 5.92. The Hall–Kier alpha value is -2.10. The standard InChI is InChI=1S/C18H21NO3/c1-22-17-11-9-14-6-4-7-15-13(5-2-3-12-19(20)21)8-10-16(17)18(14)15/h4,6-7,9,11,13H,2-3,5,8,10,12H2,1H3. The molecular formula is C18H21NO3. The van der Waals surface area contributed by atoms with Gasteiger partial charge in [-0.05, 0) is 54.0 Å².